The fraction of sp³-hybridized carbons (Fsp3) is 0.500. The molecular formula is C14H16N4O4. The van der Waals surface area contributed by atoms with Crippen LogP contribution in [0, 0.1) is 5.92 Å². The molecular weight excluding hydrogens is 288 g/mol. The normalized spacial score (nSPS) is 23.8. The molecule has 0 aromatic carbocycles. The number of fused-ring (bicyclic) bond motifs is 1. The van der Waals surface area contributed by atoms with Crippen LogP contribution in [-0.4, -0.2) is 44.2 Å². The maximum Gasteiger partial charge on any atom is 0.302 e. The molecule has 0 bridgehead atoms. The summed E-state index contributed by atoms with van der Waals surface area (Å²) in [6.45, 7) is 2.97. The first kappa shape index (κ1) is 14.4. The second-order valence-electron chi connectivity index (χ2n) is 5.32. The van der Waals surface area contributed by atoms with Crippen molar-refractivity contribution in [1.82, 2.24) is 19.5 Å². The lowest BCUT2D eigenvalue weighted by Crippen LogP contribution is -2.48. The Morgan fingerprint density at radius 1 is 1.32 bits per heavy atom. The number of rotatable bonds is 4. The molecule has 0 saturated heterocycles. The van der Waals surface area contributed by atoms with Gasteiger partial charge < -0.3 is 14.0 Å². The Morgan fingerprint density at radius 2 is 2.14 bits per heavy atom. The van der Waals surface area contributed by atoms with E-state index in [0.29, 0.717) is 11.2 Å². The van der Waals surface area contributed by atoms with E-state index in [9.17, 15) is 9.59 Å². The molecule has 116 valence electrons. The van der Waals surface area contributed by atoms with Crippen molar-refractivity contribution >= 4 is 23.1 Å². The van der Waals surface area contributed by atoms with Crippen molar-refractivity contribution in [3.05, 3.63) is 18.9 Å². The van der Waals surface area contributed by atoms with E-state index in [-0.39, 0.29) is 36.6 Å². The van der Waals surface area contributed by atoms with Crippen LogP contribution in [0.3, 0.4) is 0 Å². The molecule has 22 heavy (non-hydrogen) atoms. The van der Waals surface area contributed by atoms with Crippen LogP contribution in [0.1, 0.15) is 26.3 Å². The molecule has 0 amide bonds. The molecule has 2 aromatic heterocycles. The molecule has 3 atom stereocenters. The number of ether oxygens (including phenoxy) is 2. The van der Waals surface area contributed by atoms with Gasteiger partial charge in [-0.15, -0.1) is 0 Å². The number of nitrogens with zero attached hydrogens (tertiary/aromatic N) is 4. The van der Waals surface area contributed by atoms with E-state index >= 15 is 0 Å². The number of hydrogen-bond donors (Lipinski definition) is 0. The molecule has 3 rings (SSSR count). The molecule has 1 fully saturated rings. The molecule has 1 saturated carbocycles. The van der Waals surface area contributed by atoms with Gasteiger partial charge in [0, 0.05) is 19.8 Å². The van der Waals surface area contributed by atoms with Crippen LogP contribution in [0.4, 0.5) is 0 Å². The van der Waals surface area contributed by atoms with Crippen LogP contribution in [-0.2, 0) is 19.1 Å². The number of carbonyl (C=O) groups is 2. The van der Waals surface area contributed by atoms with Gasteiger partial charge in [-0.2, -0.15) is 0 Å². The van der Waals surface area contributed by atoms with E-state index in [1.807, 2.05) is 4.57 Å². The Morgan fingerprint density at radius 3 is 2.86 bits per heavy atom. The highest BCUT2D eigenvalue weighted by atomic mass is 16.6. The molecule has 0 N–H and O–H groups in total. The van der Waals surface area contributed by atoms with Crippen molar-refractivity contribution in [2.75, 3.05) is 6.61 Å². The molecule has 0 spiro atoms. The largest absolute Gasteiger partial charge is 0.465 e. The summed E-state index contributed by atoms with van der Waals surface area (Å²) in [7, 11) is 0. The third-order valence-electron chi connectivity index (χ3n) is 3.79. The van der Waals surface area contributed by atoms with E-state index in [1.165, 1.54) is 20.2 Å². The van der Waals surface area contributed by atoms with Crippen LogP contribution in [0.25, 0.3) is 11.2 Å². The zero-order valence-corrected chi connectivity index (χ0v) is 12.3. The topological polar surface area (TPSA) is 96.2 Å². The van der Waals surface area contributed by atoms with Crippen LogP contribution < -0.4 is 0 Å². The van der Waals surface area contributed by atoms with Crippen LogP contribution in [0.2, 0.25) is 0 Å². The smallest absolute Gasteiger partial charge is 0.302 e. The van der Waals surface area contributed by atoms with Gasteiger partial charge in [-0.1, -0.05) is 0 Å². The quantitative estimate of drug-likeness (QED) is 0.773. The predicted molar refractivity (Wildman–Crippen MR) is 74.7 cm³/mol. The van der Waals surface area contributed by atoms with Crippen molar-refractivity contribution in [2.24, 2.45) is 5.92 Å². The first-order valence-corrected chi connectivity index (χ1v) is 6.99. The molecule has 2 aromatic rings. The predicted octanol–water partition coefficient (Wildman–Crippen LogP) is 0.882. The zero-order chi connectivity index (χ0) is 15.7. The summed E-state index contributed by atoms with van der Waals surface area (Å²) in [6, 6.07) is -0.0654. The van der Waals surface area contributed by atoms with Gasteiger partial charge in [-0.25, -0.2) is 15.0 Å². The van der Waals surface area contributed by atoms with Gasteiger partial charge in [0.05, 0.1) is 25.2 Å². The number of carbonyl (C=O) groups excluding carboxylic acids is 2. The highest BCUT2D eigenvalue weighted by Crippen LogP contribution is 2.41. The van der Waals surface area contributed by atoms with E-state index in [4.69, 9.17) is 9.47 Å². The molecule has 1 aliphatic carbocycles. The SMILES string of the molecule is CC(=O)OCC1CC(n2cnc3cncnc32)C1OC(C)=O. The number of imidazole rings is 1. The Kier molecular flexibility index (Phi) is 3.74. The van der Waals surface area contributed by atoms with Gasteiger partial charge in [0.15, 0.2) is 5.65 Å². The molecule has 1 aliphatic rings. The first-order chi connectivity index (χ1) is 10.6. The highest BCUT2D eigenvalue weighted by Gasteiger charge is 2.46. The Balaban J connectivity index is 1.81. The summed E-state index contributed by atoms with van der Waals surface area (Å²) in [6.07, 6.45) is 5.12. The lowest BCUT2D eigenvalue weighted by molar-refractivity contribution is -0.168. The van der Waals surface area contributed by atoms with Crippen LogP contribution >= 0.6 is 0 Å². The summed E-state index contributed by atoms with van der Waals surface area (Å²) in [4.78, 5) is 34.7. The maximum absolute atomic E-state index is 11.3. The standard InChI is InChI=1S/C14H16N4O4/c1-8(19)21-5-10-3-12(13(10)22-9(2)20)18-7-17-11-4-15-6-16-14(11)18/h4,6-7,10,12-13H,3,5H2,1-2H3. The third-order valence-corrected chi connectivity index (χ3v) is 3.79. The molecule has 2 heterocycles. The highest BCUT2D eigenvalue weighted by molar-refractivity contribution is 5.69. The van der Waals surface area contributed by atoms with Crippen LogP contribution in [0.5, 0.6) is 0 Å². The van der Waals surface area contributed by atoms with Gasteiger partial charge in [0.25, 0.3) is 0 Å². The molecule has 0 aliphatic heterocycles. The van der Waals surface area contributed by atoms with E-state index in [2.05, 4.69) is 15.0 Å². The lowest BCUT2D eigenvalue weighted by Gasteiger charge is -2.43. The van der Waals surface area contributed by atoms with E-state index in [1.54, 1.807) is 12.5 Å². The van der Waals surface area contributed by atoms with Crippen LogP contribution in [0.15, 0.2) is 18.9 Å². The Hall–Kier alpha value is -2.51. The average Bonchev–Trinajstić information content (AvgIpc) is 2.87. The minimum absolute atomic E-state index is 0.0166. The minimum atomic E-state index is -0.360. The molecule has 8 heteroatoms. The number of hydrogen-bond acceptors (Lipinski definition) is 7. The van der Waals surface area contributed by atoms with Gasteiger partial charge in [-0.05, 0) is 6.42 Å². The number of esters is 2. The van der Waals surface area contributed by atoms with Gasteiger partial charge in [0.2, 0.25) is 0 Å². The van der Waals surface area contributed by atoms with Crippen molar-refractivity contribution < 1.29 is 19.1 Å². The summed E-state index contributed by atoms with van der Waals surface area (Å²) in [5.74, 6) is -0.718. The van der Waals surface area contributed by atoms with Gasteiger partial charge in [-0.3, -0.25) is 9.59 Å². The second kappa shape index (κ2) is 5.70. The van der Waals surface area contributed by atoms with Gasteiger partial charge >= 0.3 is 11.9 Å². The molecule has 0 radical (unpaired) electrons. The second-order valence-corrected chi connectivity index (χ2v) is 5.32. The fourth-order valence-electron chi connectivity index (χ4n) is 2.75. The summed E-state index contributed by atoms with van der Waals surface area (Å²) < 4.78 is 12.3. The molecule has 3 unspecified atom stereocenters. The van der Waals surface area contributed by atoms with E-state index in [0.717, 1.165) is 6.42 Å². The van der Waals surface area contributed by atoms with Crippen molar-refractivity contribution in [2.45, 2.75) is 32.4 Å². The summed E-state index contributed by atoms with van der Waals surface area (Å²) in [5, 5.41) is 0. The van der Waals surface area contributed by atoms with Gasteiger partial charge in [0.1, 0.15) is 17.9 Å². The van der Waals surface area contributed by atoms with Crippen molar-refractivity contribution in [3.8, 4) is 0 Å². The first-order valence-electron chi connectivity index (χ1n) is 6.99. The van der Waals surface area contributed by atoms with E-state index < -0.39 is 0 Å². The Bertz CT molecular complexity index is 714. The minimum Gasteiger partial charge on any atom is -0.465 e. The zero-order valence-electron chi connectivity index (χ0n) is 12.3. The maximum atomic E-state index is 11.3. The van der Waals surface area contributed by atoms with Crippen molar-refractivity contribution in [1.29, 1.82) is 0 Å². The fourth-order valence-corrected chi connectivity index (χ4v) is 2.75. The number of aromatic nitrogens is 4. The summed E-state index contributed by atoms with van der Waals surface area (Å²) in [5.41, 5.74) is 1.38. The van der Waals surface area contributed by atoms with Crippen molar-refractivity contribution in [3.63, 3.8) is 0 Å². The Labute approximate surface area is 126 Å². The average molecular weight is 304 g/mol. The molecule has 8 nitrogen and oxygen atoms in total. The monoisotopic (exact) mass is 304 g/mol. The third kappa shape index (κ3) is 2.63. The lowest BCUT2D eigenvalue weighted by atomic mass is 9.77. The summed E-state index contributed by atoms with van der Waals surface area (Å²) >= 11 is 0.